The molecule has 0 unspecified atom stereocenters. The van der Waals surface area contributed by atoms with E-state index in [9.17, 15) is 24.3 Å². The molecule has 3 heterocycles. The number of hydrogen-bond donors (Lipinski definition) is 2. The lowest BCUT2D eigenvalue weighted by Gasteiger charge is -2.62. The summed E-state index contributed by atoms with van der Waals surface area (Å²) >= 11 is 0. The summed E-state index contributed by atoms with van der Waals surface area (Å²) in [6.07, 6.45) is 3.26. The van der Waals surface area contributed by atoms with Gasteiger partial charge in [0.1, 0.15) is 17.5 Å². The molecule has 2 N–H and O–H groups in total. The van der Waals surface area contributed by atoms with Crippen molar-refractivity contribution in [3.8, 4) is 11.5 Å². The number of hydrogen-bond acceptors (Lipinski definition) is 7. The van der Waals surface area contributed by atoms with Crippen LogP contribution in [0.15, 0.2) is 48.4 Å². The Morgan fingerprint density at radius 3 is 2.20 bits per heavy atom. The number of benzene rings is 2. The lowest BCUT2D eigenvalue weighted by atomic mass is 9.47. The molecule has 0 saturated heterocycles. The molecule has 2 saturated carbocycles. The lowest BCUT2D eigenvalue weighted by Crippen LogP contribution is -2.74. The highest BCUT2D eigenvalue weighted by atomic mass is 19.1. The molecule has 2 fully saturated rings. The summed E-state index contributed by atoms with van der Waals surface area (Å²) in [5.74, 6) is -2.57. The van der Waals surface area contributed by atoms with E-state index in [1.807, 2.05) is 6.07 Å². The summed E-state index contributed by atoms with van der Waals surface area (Å²) in [5, 5.41) is 19.1. The second-order valence-electron chi connectivity index (χ2n) is 14.3. The van der Waals surface area contributed by atoms with E-state index < -0.39 is 64.0 Å². The van der Waals surface area contributed by atoms with E-state index in [2.05, 4.69) is 0 Å². The Morgan fingerprint density at radius 2 is 1.65 bits per heavy atom. The van der Waals surface area contributed by atoms with Crippen LogP contribution in [0.5, 0.6) is 11.5 Å². The maximum absolute atomic E-state index is 17.0. The Morgan fingerprint density at radius 1 is 1.02 bits per heavy atom. The molecule has 2 bridgehead atoms. The fraction of sp³-hybridized carbons (Fsp3) is 0.486. The summed E-state index contributed by atoms with van der Waals surface area (Å²) in [4.78, 5) is 53.5. The van der Waals surface area contributed by atoms with Crippen LogP contribution < -0.4 is 9.47 Å². The van der Waals surface area contributed by atoms with Crippen LogP contribution in [0.2, 0.25) is 0 Å². The van der Waals surface area contributed by atoms with E-state index in [4.69, 9.17) is 14.6 Å². The van der Waals surface area contributed by atoms with Crippen LogP contribution in [-0.2, 0) is 21.4 Å². The number of carboxylic acid groups (broad SMARTS) is 2. The summed E-state index contributed by atoms with van der Waals surface area (Å²) in [6, 6.07) is 9.44. The standard InChI is InChI=1S/C30H27FN2O6.C5H10O2/c1-38-20-10-8-16-12-29(28(36)37)21-11-9-19(33-26(34)17-4-2-3-5-18(17)27(33)35)25-30(21,23(16)24(20)39-25)22(31)14-32(29)13-15-6-7-15;1-5(2,3)4(6)7/h2-5,8,10,14-15,19,21,25H,6-7,9,11-13H2,1H3,(H,36,37);1-3H3,(H,6,7)/t19-,21-,25+,29-,30-;/m1./s1. The summed E-state index contributed by atoms with van der Waals surface area (Å²) in [7, 11) is 1.51. The number of carbonyl (C=O) groups is 4. The zero-order valence-electron chi connectivity index (χ0n) is 26.2. The van der Waals surface area contributed by atoms with Gasteiger partial charge in [-0.15, -0.1) is 0 Å². The van der Waals surface area contributed by atoms with Crippen molar-refractivity contribution in [3.63, 3.8) is 0 Å². The minimum atomic E-state index is -1.45. The number of methoxy groups -OCH3 is 1. The third-order valence-corrected chi connectivity index (χ3v) is 10.7. The first kappa shape index (κ1) is 30.3. The fourth-order valence-electron chi connectivity index (χ4n) is 8.34. The first-order valence-corrected chi connectivity index (χ1v) is 15.7. The van der Waals surface area contributed by atoms with Gasteiger partial charge >= 0.3 is 11.9 Å². The van der Waals surface area contributed by atoms with Gasteiger partial charge in [0.25, 0.3) is 11.8 Å². The Kier molecular flexibility index (Phi) is 6.61. The third-order valence-electron chi connectivity index (χ3n) is 10.7. The lowest BCUT2D eigenvalue weighted by molar-refractivity contribution is -0.165. The number of amides is 2. The average Bonchev–Trinajstić information content (AvgIpc) is 3.70. The van der Waals surface area contributed by atoms with Crippen molar-refractivity contribution < 1.29 is 43.3 Å². The molecule has 10 nitrogen and oxygen atoms in total. The molecule has 2 amide bonds. The van der Waals surface area contributed by atoms with Gasteiger partial charge in [0.05, 0.1) is 35.1 Å². The highest BCUT2D eigenvalue weighted by Gasteiger charge is 2.75. The Labute approximate surface area is 265 Å². The van der Waals surface area contributed by atoms with Crippen molar-refractivity contribution >= 4 is 23.8 Å². The van der Waals surface area contributed by atoms with E-state index in [1.54, 1.807) is 56.0 Å². The van der Waals surface area contributed by atoms with Gasteiger partial charge in [-0.3, -0.25) is 19.3 Å². The molecule has 46 heavy (non-hydrogen) atoms. The monoisotopic (exact) mass is 632 g/mol. The molecular weight excluding hydrogens is 595 g/mol. The topological polar surface area (TPSA) is 134 Å². The van der Waals surface area contributed by atoms with E-state index >= 15 is 4.39 Å². The maximum atomic E-state index is 17.0. The van der Waals surface area contributed by atoms with Crippen molar-refractivity contribution in [1.29, 1.82) is 0 Å². The van der Waals surface area contributed by atoms with Crippen LogP contribution in [0.25, 0.3) is 0 Å². The molecule has 1 spiro atoms. The molecule has 3 aliphatic heterocycles. The second-order valence-corrected chi connectivity index (χ2v) is 14.3. The Balaban J connectivity index is 0.000000437. The molecule has 0 radical (unpaired) electrons. The number of imide groups is 1. The largest absolute Gasteiger partial charge is 0.493 e. The number of carbonyl (C=O) groups excluding carboxylic acids is 2. The van der Waals surface area contributed by atoms with E-state index in [1.165, 1.54) is 18.2 Å². The van der Waals surface area contributed by atoms with Crippen LogP contribution >= 0.6 is 0 Å². The number of carboxylic acids is 2. The van der Waals surface area contributed by atoms with Gasteiger partial charge < -0.3 is 24.6 Å². The highest BCUT2D eigenvalue weighted by Crippen LogP contribution is 2.68. The van der Waals surface area contributed by atoms with Crippen LogP contribution in [-0.4, -0.2) is 75.1 Å². The quantitative estimate of drug-likeness (QED) is 0.446. The molecule has 242 valence electrons. The van der Waals surface area contributed by atoms with Crippen LogP contribution in [0, 0.1) is 17.3 Å². The van der Waals surface area contributed by atoms with Crippen molar-refractivity contribution in [2.75, 3.05) is 13.7 Å². The van der Waals surface area contributed by atoms with Crippen LogP contribution in [0.1, 0.15) is 78.3 Å². The number of rotatable bonds is 5. The molecule has 8 rings (SSSR count). The Bertz CT molecular complexity index is 1690. The Hall–Kier alpha value is -4.41. The van der Waals surface area contributed by atoms with Gasteiger partial charge in [0.2, 0.25) is 0 Å². The van der Waals surface area contributed by atoms with Crippen molar-refractivity contribution in [1.82, 2.24) is 9.80 Å². The number of nitrogens with zero attached hydrogens (tertiary/aromatic N) is 2. The number of halogens is 1. The molecule has 0 aromatic heterocycles. The molecule has 3 aliphatic carbocycles. The number of fused-ring (bicyclic) bond motifs is 1. The van der Waals surface area contributed by atoms with Gasteiger partial charge in [0, 0.05) is 30.6 Å². The molecule has 5 atom stereocenters. The second kappa shape index (κ2) is 10.0. The minimum Gasteiger partial charge on any atom is -0.493 e. The van der Waals surface area contributed by atoms with Gasteiger partial charge in [0.15, 0.2) is 11.5 Å². The predicted octanol–water partition coefficient (Wildman–Crippen LogP) is 4.80. The summed E-state index contributed by atoms with van der Waals surface area (Å²) in [5.41, 5.74) is -1.46. The van der Waals surface area contributed by atoms with E-state index in [0.717, 1.165) is 12.8 Å². The predicted molar refractivity (Wildman–Crippen MR) is 162 cm³/mol. The number of ether oxygens (including phenoxy) is 2. The first-order chi connectivity index (χ1) is 21.8. The fourth-order valence-corrected chi connectivity index (χ4v) is 8.34. The minimum absolute atomic E-state index is 0.214. The van der Waals surface area contributed by atoms with Crippen LogP contribution in [0.4, 0.5) is 4.39 Å². The van der Waals surface area contributed by atoms with Gasteiger partial charge in [-0.05, 0) is 76.1 Å². The molecule has 2 aromatic carbocycles. The van der Waals surface area contributed by atoms with Gasteiger partial charge in [-0.25, -0.2) is 9.18 Å². The smallest absolute Gasteiger partial charge is 0.330 e. The molecule has 11 heteroatoms. The molecular formula is C35H37FN2O8. The van der Waals surface area contributed by atoms with Crippen molar-refractivity contribution in [2.24, 2.45) is 17.3 Å². The van der Waals surface area contributed by atoms with Gasteiger partial charge in [-0.1, -0.05) is 18.2 Å². The zero-order valence-corrected chi connectivity index (χ0v) is 26.2. The third kappa shape index (κ3) is 3.92. The molecule has 2 aromatic rings. The molecule has 6 aliphatic rings. The van der Waals surface area contributed by atoms with Crippen molar-refractivity contribution in [3.05, 3.63) is 70.7 Å². The van der Waals surface area contributed by atoms with Gasteiger partial charge in [-0.2, -0.15) is 0 Å². The van der Waals surface area contributed by atoms with E-state index in [-0.39, 0.29) is 6.42 Å². The van der Waals surface area contributed by atoms with Crippen LogP contribution in [0.3, 0.4) is 0 Å². The average molecular weight is 633 g/mol. The van der Waals surface area contributed by atoms with E-state index in [0.29, 0.717) is 59.1 Å². The zero-order chi connectivity index (χ0) is 32.9. The number of aliphatic carboxylic acids is 2. The summed E-state index contributed by atoms with van der Waals surface area (Å²) in [6.45, 7) is 5.47. The summed E-state index contributed by atoms with van der Waals surface area (Å²) < 4.78 is 29.2. The SMILES string of the molecule is CC(C)(C)C(=O)O.COc1ccc2c3c1O[C@H]1[C@H](N4C(=O)c5ccccc5C4=O)CC[C@H]4[C@@]31C(F)=CN(CC1CC1)[C@]4(C(=O)O)C2. The maximum Gasteiger partial charge on any atom is 0.330 e. The highest BCUT2D eigenvalue weighted by molar-refractivity contribution is 6.21. The normalized spacial score (nSPS) is 30.0. The first-order valence-electron chi connectivity index (χ1n) is 15.7. The van der Waals surface area contributed by atoms with Crippen molar-refractivity contribution in [2.45, 2.75) is 76.0 Å².